The minimum absolute atomic E-state index is 0.0207. The van der Waals surface area contributed by atoms with Crippen molar-refractivity contribution in [3.8, 4) is 0 Å². The number of morpholine rings is 1. The van der Waals surface area contributed by atoms with Gasteiger partial charge in [0.05, 0.1) is 22.7 Å². The highest BCUT2D eigenvalue weighted by molar-refractivity contribution is 7.89. The number of aromatic nitrogens is 1. The summed E-state index contributed by atoms with van der Waals surface area (Å²) in [5, 5.41) is 6.11. The Morgan fingerprint density at radius 1 is 1.23 bits per heavy atom. The van der Waals surface area contributed by atoms with Crippen molar-refractivity contribution in [2.45, 2.75) is 50.9 Å². The molecule has 1 amide bonds. The van der Waals surface area contributed by atoms with Crippen LogP contribution in [0.5, 0.6) is 0 Å². The highest BCUT2D eigenvalue weighted by Gasteiger charge is 2.32. The zero-order valence-electron chi connectivity index (χ0n) is 17.7. The fourth-order valence-electron chi connectivity index (χ4n) is 3.19. The first-order valence-electron chi connectivity index (χ1n) is 9.77. The third-order valence-corrected chi connectivity index (χ3v) is 6.45. The van der Waals surface area contributed by atoms with Crippen molar-refractivity contribution < 1.29 is 32.0 Å². The molecule has 0 saturated carbocycles. The van der Waals surface area contributed by atoms with E-state index in [-0.39, 0.29) is 41.6 Å². The van der Waals surface area contributed by atoms with Crippen LogP contribution in [0.3, 0.4) is 0 Å². The van der Waals surface area contributed by atoms with Gasteiger partial charge in [-0.3, -0.25) is 4.79 Å². The summed E-state index contributed by atoms with van der Waals surface area (Å²) in [6.07, 6.45) is -1.61. The number of nitrogens with one attached hydrogen (secondary N) is 1. The summed E-state index contributed by atoms with van der Waals surface area (Å²) in [7, 11) is -3.82. The first-order chi connectivity index (χ1) is 14.6. The predicted molar refractivity (Wildman–Crippen MR) is 110 cm³/mol. The van der Waals surface area contributed by atoms with E-state index in [4.69, 9.17) is 14.0 Å². The van der Waals surface area contributed by atoms with Gasteiger partial charge in [0.2, 0.25) is 10.0 Å². The Bertz CT molecular complexity index is 1060. The Morgan fingerprint density at radius 2 is 1.90 bits per heavy atom. The number of sulfonamides is 1. The van der Waals surface area contributed by atoms with E-state index in [1.54, 1.807) is 20.8 Å². The molecule has 1 N–H and O–H groups in total. The van der Waals surface area contributed by atoms with Crippen LogP contribution in [-0.2, 0) is 24.3 Å². The number of benzene rings is 1. The van der Waals surface area contributed by atoms with Crippen molar-refractivity contribution in [2.24, 2.45) is 0 Å². The summed E-state index contributed by atoms with van der Waals surface area (Å²) in [6.45, 7) is 7.13. The van der Waals surface area contributed by atoms with E-state index in [2.05, 4.69) is 10.5 Å². The van der Waals surface area contributed by atoms with E-state index in [1.807, 2.05) is 0 Å². The number of amides is 1. The molecule has 1 aromatic heterocycles. The van der Waals surface area contributed by atoms with Gasteiger partial charge in [-0.1, -0.05) is 11.2 Å². The van der Waals surface area contributed by atoms with Gasteiger partial charge < -0.3 is 19.3 Å². The van der Waals surface area contributed by atoms with E-state index in [0.29, 0.717) is 5.76 Å². The SMILES string of the molecule is Cc1cc(NC(=O)[C@H](C)OC(=O)c2cccc(S(=O)(=O)N3C[C@@H](C)O[C@@H](C)C3)c2)no1. The van der Waals surface area contributed by atoms with Crippen LogP contribution in [0.15, 0.2) is 39.8 Å². The Balaban J connectivity index is 1.70. The van der Waals surface area contributed by atoms with E-state index >= 15 is 0 Å². The molecule has 11 heteroatoms. The number of nitrogens with zero attached hydrogens (tertiary/aromatic N) is 2. The summed E-state index contributed by atoms with van der Waals surface area (Å²) >= 11 is 0. The van der Waals surface area contributed by atoms with Crippen LogP contribution in [0.25, 0.3) is 0 Å². The highest BCUT2D eigenvalue weighted by atomic mass is 32.2. The van der Waals surface area contributed by atoms with Crippen molar-refractivity contribution in [1.29, 1.82) is 0 Å². The van der Waals surface area contributed by atoms with Gasteiger partial charge in [-0.25, -0.2) is 13.2 Å². The van der Waals surface area contributed by atoms with Crippen LogP contribution in [-0.4, -0.2) is 61.2 Å². The quantitative estimate of drug-likeness (QED) is 0.660. The summed E-state index contributed by atoms with van der Waals surface area (Å²) in [4.78, 5) is 24.7. The molecule has 2 heterocycles. The summed E-state index contributed by atoms with van der Waals surface area (Å²) in [5.41, 5.74) is 0.0207. The number of rotatable bonds is 6. The van der Waals surface area contributed by atoms with E-state index < -0.39 is 28.0 Å². The summed E-state index contributed by atoms with van der Waals surface area (Å²) in [6, 6.07) is 7.07. The van der Waals surface area contributed by atoms with Crippen molar-refractivity contribution in [2.75, 3.05) is 18.4 Å². The predicted octanol–water partition coefficient (Wildman–Crippen LogP) is 1.96. The van der Waals surface area contributed by atoms with Crippen LogP contribution in [0.1, 0.15) is 36.9 Å². The van der Waals surface area contributed by atoms with Gasteiger partial charge in [-0.2, -0.15) is 4.31 Å². The minimum Gasteiger partial charge on any atom is -0.449 e. The van der Waals surface area contributed by atoms with Gasteiger partial charge in [-0.15, -0.1) is 0 Å². The molecular formula is C20H25N3O7S. The van der Waals surface area contributed by atoms with Crippen molar-refractivity contribution in [1.82, 2.24) is 9.46 Å². The average molecular weight is 452 g/mol. The first-order valence-corrected chi connectivity index (χ1v) is 11.2. The molecule has 3 rings (SSSR count). The molecule has 1 saturated heterocycles. The lowest BCUT2D eigenvalue weighted by Crippen LogP contribution is -2.48. The van der Waals surface area contributed by atoms with Gasteiger partial charge in [-0.05, 0) is 45.9 Å². The molecule has 0 spiro atoms. The maximum atomic E-state index is 13.0. The zero-order chi connectivity index (χ0) is 22.8. The van der Waals surface area contributed by atoms with Gasteiger partial charge in [0, 0.05) is 19.2 Å². The molecule has 1 aliphatic heterocycles. The summed E-state index contributed by atoms with van der Waals surface area (Å²) < 4.78 is 43.0. The monoisotopic (exact) mass is 451 g/mol. The minimum atomic E-state index is -3.82. The Labute approximate surface area is 180 Å². The average Bonchev–Trinajstić information content (AvgIpc) is 3.11. The number of esters is 1. The Kier molecular flexibility index (Phi) is 6.77. The number of aryl methyl sites for hydroxylation is 1. The lowest BCUT2D eigenvalue weighted by molar-refractivity contribution is -0.123. The lowest BCUT2D eigenvalue weighted by Gasteiger charge is -2.34. The fourth-order valence-corrected chi connectivity index (χ4v) is 4.83. The number of anilines is 1. The number of carbonyl (C=O) groups excluding carboxylic acids is 2. The molecule has 10 nitrogen and oxygen atoms in total. The van der Waals surface area contributed by atoms with Gasteiger partial charge in [0.25, 0.3) is 5.91 Å². The molecule has 0 aliphatic carbocycles. The maximum absolute atomic E-state index is 13.0. The molecule has 3 atom stereocenters. The van der Waals surface area contributed by atoms with Gasteiger partial charge in [0.1, 0.15) is 5.76 Å². The molecule has 0 unspecified atom stereocenters. The standard InChI is InChI=1S/C20H25N3O7S/c1-12-8-18(22-30-12)21-19(24)15(4)29-20(25)16-6-5-7-17(9-16)31(26,27)23-10-13(2)28-14(3)11-23/h5-9,13-15H,10-11H2,1-4H3,(H,21,22,24)/t13-,14+,15-/m0/s1. The van der Waals surface area contributed by atoms with Crippen LogP contribution < -0.4 is 5.32 Å². The zero-order valence-corrected chi connectivity index (χ0v) is 18.5. The highest BCUT2D eigenvalue weighted by Crippen LogP contribution is 2.22. The van der Waals surface area contributed by atoms with E-state index in [0.717, 1.165) is 0 Å². The van der Waals surface area contributed by atoms with Crippen LogP contribution in [0.4, 0.5) is 5.82 Å². The molecule has 0 radical (unpaired) electrons. The lowest BCUT2D eigenvalue weighted by atomic mass is 10.2. The topological polar surface area (TPSA) is 128 Å². The Morgan fingerprint density at radius 3 is 2.52 bits per heavy atom. The second-order valence-corrected chi connectivity index (χ2v) is 9.40. The fraction of sp³-hybridized carbons (Fsp3) is 0.450. The van der Waals surface area contributed by atoms with E-state index in [1.165, 1.54) is 41.6 Å². The Hall–Kier alpha value is -2.76. The molecule has 0 bridgehead atoms. The number of hydrogen-bond acceptors (Lipinski definition) is 8. The molecule has 1 aliphatic rings. The van der Waals surface area contributed by atoms with Crippen LogP contribution in [0.2, 0.25) is 0 Å². The molecule has 2 aromatic rings. The van der Waals surface area contributed by atoms with Gasteiger partial charge >= 0.3 is 5.97 Å². The number of ether oxygens (including phenoxy) is 2. The maximum Gasteiger partial charge on any atom is 0.338 e. The van der Waals surface area contributed by atoms with E-state index in [9.17, 15) is 18.0 Å². The third-order valence-electron chi connectivity index (χ3n) is 4.63. The van der Waals surface area contributed by atoms with Crippen molar-refractivity contribution in [3.63, 3.8) is 0 Å². The number of hydrogen-bond donors (Lipinski definition) is 1. The van der Waals surface area contributed by atoms with Crippen LogP contribution in [0, 0.1) is 6.92 Å². The van der Waals surface area contributed by atoms with Gasteiger partial charge in [0.15, 0.2) is 11.9 Å². The molecule has 1 aromatic carbocycles. The molecule has 31 heavy (non-hydrogen) atoms. The largest absolute Gasteiger partial charge is 0.449 e. The first kappa shape index (κ1) is 22.9. The smallest absolute Gasteiger partial charge is 0.338 e. The van der Waals surface area contributed by atoms with Crippen molar-refractivity contribution >= 4 is 27.7 Å². The molecule has 1 fully saturated rings. The van der Waals surface area contributed by atoms with Crippen LogP contribution >= 0.6 is 0 Å². The second kappa shape index (κ2) is 9.16. The summed E-state index contributed by atoms with van der Waals surface area (Å²) in [5.74, 6) is -0.698. The molecular weight excluding hydrogens is 426 g/mol. The van der Waals surface area contributed by atoms with Crippen molar-refractivity contribution in [3.05, 3.63) is 41.7 Å². The normalized spacial score (nSPS) is 20.8. The third kappa shape index (κ3) is 5.49. The number of carbonyl (C=O) groups is 2. The second-order valence-electron chi connectivity index (χ2n) is 7.47. The molecule has 168 valence electrons.